The second-order valence-corrected chi connectivity index (χ2v) is 6.88. The Kier molecular flexibility index (Phi) is 5.30. The third-order valence-electron chi connectivity index (χ3n) is 4.81. The molecule has 2 aromatic rings. The smallest absolute Gasteiger partial charge is 0.312 e. The minimum absolute atomic E-state index is 0.0150. The standard InChI is InChI=1S/C20H20N2O6/c1-12-6-7-13(2)16(8-12)19(23)21-10-17(20(24)25)18(11-21)28-15-5-3-4-14(9-15)22(26)27/h3-9,17-18H,10-11H2,1-2H3,(H,24,25). The highest BCUT2D eigenvalue weighted by Gasteiger charge is 2.42. The van der Waals surface area contributed by atoms with Crippen LogP contribution in [0.15, 0.2) is 42.5 Å². The summed E-state index contributed by atoms with van der Waals surface area (Å²) in [7, 11) is 0. The van der Waals surface area contributed by atoms with E-state index in [2.05, 4.69) is 0 Å². The Morgan fingerprint density at radius 3 is 2.61 bits per heavy atom. The van der Waals surface area contributed by atoms with Crippen molar-refractivity contribution in [3.63, 3.8) is 0 Å². The monoisotopic (exact) mass is 384 g/mol. The topological polar surface area (TPSA) is 110 Å². The third-order valence-corrected chi connectivity index (χ3v) is 4.81. The lowest BCUT2D eigenvalue weighted by atomic mass is 10.0. The molecule has 1 N–H and O–H groups in total. The van der Waals surface area contributed by atoms with Gasteiger partial charge in [-0.25, -0.2) is 0 Å². The number of carboxylic acids is 1. The molecular weight excluding hydrogens is 364 g/mol. The molecule has 2 atom stereocenters. The van der Waals surface area contributed by atoms with Gasteiger partial charge in [0.2, 0.25) is 0 Å². The fourth-order valence-corrected chi connectivity index (χ4v) is 3.28. The second kappa shape index (κ2) is 7.67. The molecule has 146 valence electrons. The fraction of sp³-hybridized carbons (Fsp3) is 0.300. The Bertz CT molecular complexity index is 942. The van der Waals surface area contributed by atoms with E-state index in [1.165, 1.54) is 29.2 Å². The van der Waals surface area contributed by atoms with Crippen LogP contribution in [0, 0.1) is 29.9 Å². The lowest BCUT2D eigenvalue weighted by Gasteiger charge is -2.18. The molecular formula is C20H20N2O6. The van der Waals surface area contributed by atoms with Crippen molar-refractivity contribution in [2.45, 2.75) is 20.0 Å². The van der Waals surface area contributed by atoms with Crippen molar-refractivity contribution in [3.05, 3.63) is 69.3 Å². The number of nitrogens with zero attached hydrogens (tertiary/aromatic N) is 2. The second-order valence-electron chi connectivity index (χ2n) is 6.88. The molecule has 8 heteroatoms. The average Bonchev–Trinajstić information content (AvgIpc) is 3.07. The van der Waals surface area contributed by atoms with Crippen molar-refractivity contribution in [1.82, 2.24) is 4.90 Å². The van der Waals surface area contributed by atoms with Crippen LogP contribution in [0.25, 0.3) is 0 Å². The third kappa shape index (κ3) is 3.95. The zero-order valence-electron chi connectivity index (χ0n) is 15.5. The quantitative estimate of drug-likeness (QED) is 0.627. The highest BCUT2D eigenvalue weighted by atomic mass is 16.6. The molecule has 3 rings (SSSR count). The molecule has 1 fully saturated rings. The number of rotatable bonds is 5. The number of carboxylic acid groups (broad SMARTS) is 1. The minimum Gasteiger partial charge on any atom is -0.487 e. The normalized spacial score (nSPS) is 18.7. The van der Waals surface area contributed by atoms with Gasteiger partial charge in [-0.1, -0.05) is 23.8 Å². The number of amides is 1. The maximum atomic E-state index is 12.9. The van der Waals surface area contributed by atoms with Crippen LogP contribution in [0.4, 0.5) is 5.69 Å². The number of hydrogen-bond acceptors (Lipinski definition) is 5. The van der Waals surface area contributed by atoms with Crippen LogP contribution in [0.2, 0.25) is 0 Å². The van der Waals surface area contributed by atoms with E-state index in [9.17, 15) is 24.8 Å². The van der Waals surface area contributed by atoms with Gasteiger partial charge in [-0.3, -0.25) is 19.7 Å². The Labute approximate surface area is 161 Å². The van der Waals surface area contributed by atoms with Crippen molar-refractivity contribution in [2.75, 3.05) is 13.1 Å². The van der Waals surface area contributed by atoms with Crippen molar-refractivity contribution in [2.24, 2.45) is 5.92 Å². The molecule has 1 aliphatic heterocycles. The summed E-state index contributed by atoms with van der Waals surface area (Å²) in [5, 5.41) is 20.5. The lowest BCUT2D eigenvalue weighted by Crippen LogP contribution is -2.32. The van der Waals surface area contributed by atoms with E-state index >= 15 is 0 Å². The number of nitro benzene ring substituents is 1. The van der Waals surface area contributed by atoms with Crippen molar-refractivity contribution >= 4 is 17.6 Å². The molecule has 0 aliphatic carbocycles. The summed E-state index contributed by atoms with van der Waals surface area (Å²) in [4.78, 5) is 36.4. The molecule has 1 amide bonds. The summed E-state index contributed by atoms with van der Waals surface area (Å²) in [6.07, 6.45) is -0.798. The number of carbonyl (C=O) groups excluding carboxylic acids is 1. The van der Waals surface area contributed by atoms with Crippen LogP contribution < -0.4 is 4.74 Å². The number of aryl methyl sites for hydroxylation is 2. The van der Waals surface area contributed by atoms with E-state index in [0.29, 0.717) is 5.56 Å². The Morgan fingerprint density at radius 2 is 1.93 bits per heavy atom. The highest BCUT2D eigenvalue weighted by Crippen LogP contribution is 2.27. The van der Waals surface area contributed by atoms with Gasteiger partial charge in [0.15, 0.2) is 0 Å². The molecule has 0 aromatic heterocycles. The molecule has 28 heavy (non-hydrogen) atoms. The van der Waals surface area contributed by atoms with Crippen LogP contribution in [-0.4, -0.2) is 46.0 Å². The number of hydrogen-bond donors (Lipinski definition) is 1. The van der Waals surface area contributed by atoms with Gasteiger partial charge in [0.05, 0.1) is 17.5 Å². The maximum absolute atomic E-state index is 12.9. The Hall–Kier alpha value is -3.42. The molecule has 0 spiro atoms. The van der Waals surface area contributed by atoms with Crippen molar-refractivity contribution in [1.29, 1.82) is 0 Å². The summed E-state index contributed by atoms with van der Waals surface area (Å²) in [6, 6.07) is 11.1. The number of non-ortho nitro benzene ring substituents is 1. The van der Waals surface area contributed by atoms with E-state index in [4.69, 9.17) is 4.74 Å². The molecule has 8 nitrogen and oxygen atoms in total. The minimum atomic E-state index is -1.08. The van der Waals surface area contributed by atoms with Gasteiger partial charge < -0.3 is 14.7 Å². The summed E-state index contributed by atoms with van der Waals surface area (Å²) >= 11 is 0. The van der Waals surface area contributed by atoms with Gasteiger partial charge in [-0.05, 0) is 31.5 Å². The van der Waals surface area contributed by atoms with Crippen LogP contribution in [-0.2, 0) is 4.79 Å². The predicted molar refractivity (Wildman–Crippen MR) is 100 cm³/mol. The van der Waals surface area contributed by atoms with E-state index in [-0.39, 0.29) is 30.4 Å². The first kappa shape index (κ1) is 19.3. The number of likely N-dealkylation sites (tertiary alicyclic amines) is 1. The molecule has 0 bridgehead atoms. The first-order valence-electron chi connectivity index (χ1n) is 8.76. The number of aliphatic carboxylic acids is 1. The largest absolute Gasteiger partial charge is 0.487 e. The van der Waals surface area contributed by atoms with Crippen LogP contribution in [0.1, 0.15) is 21.5 Å². The molecule has 1 aliphatic rings. The van der Waals surface area contributed by atoms with E-state index in [0.717, 1.165) is 11.1 Å². The molecule has 2 unspecified atom stereocenters. The van der Waals surface area contributed by atoms with E-state index in [1.807, 2.05) is 26.0 Å². The van der Waals surface area contributed by atoms with Crippen LogP contribution in [0.5, 0.6) is 5.75 Å². The molecule has 1 heterocycles. The average molecular weight is 384 g/mol. The van der Waals surface area contributed by atoms with Crippen LogP contribution >= 0.6 is 0 Å². The number of ether oxygens (including phenoxy) is 1. The first-order chi connectivity index (χ1) is 13.3. The predicted octanol–water partition coefficient (Wildman–Crippen LogP) is 2.82. The number of nitro groups is 1. The molecule has 0 radical (unpaired) electrons. The van der Waals surface area contributed by atoms with Gasteiger partial charge in [-0.2, -0.15) is 0 Å². The summed E-state index contributed by atoms with van der Waals surface area (Å²) in [6.45, 7) is 3.82. The van der Waals surface area contributed by atoms with E-state index in [1.54, 1.807) is 6.07 Å². The molecule has 0 saturated carbocycles. The van der Waals surface area contributed by atoms with Gasteiger partial charge in [-0.15, -0.1) is 0 Å². The lowest BCUT2D eigenvalue weighted by molar-refractivity contribution is -0.384. The summed E-state index contributed by atoms with van der Waals surface area (Å²) < 4.78 is 5.73. The summed E-state index contributed by atoms with van der Waals surface area (Å²) in [5.74, 6) is -2.05. The highest BCUT2D eigenvalue weighted by molar-refractivity contribution is 5.96. The SMILES string of the molecule is Cc1ccc(C)c(C(=O)N2CC(Oc3cccc([N+](=O)[O-])c3)C(C(=O)O)C2)c1. The van der Waals surface area contributed by atoms with E-state index < -0.39 is 22.9 Å². The maximum Gasteiger partial charge on any atom is 0.312 e. The van der Waals surface area contributed by atoms with Crippen molar-refractivity contribution < 1.29 is 24.4 Å². The number of carbonyl (C=O) groups is 2. The zero-order valence-corrected chi connectivity index (χ0v) is 15.5. The fourth-order valence-electron chi connectivity index (χ4n) is 3.28. The van der Waals surface area contributed by atoms with Crippen molar-refractivity contribution in [3.8, 4) is 5.75 Å². The Balaban J connectivity index is 1.82. The Morgan fingerprint density at radius 1 is 1.18 bits per heavy atom. The van der Waals surface area contributed by atoms with Crippen LogP contribution in [0.3, 0.4) is 0 Å². The number of benzene rings is 2. The van der Waals surface area contributed by atoms with Gasteiger partial charge in [0, 0.05) is 18.2 Å². The molecule has 2 aromatic carbocycles. The first-order valence-corrected chi connectivity index (χ1v) is 8.76. The summed E-state index contributed by atoms with van der Waals surface area (Å²) in [5.41, 5.74) is 2.13. The van der Waals surface area contributed by atoms with Gasteiger partial charge in [0.25, 0.3) is 11.6 Å². The molecule has 1 saturated heterocycles. The van der Waals surface area contributed by atoms with Gasteiger partial charge >= 0.3 is 5.97 Å². The van der Waals surface area contributed by atoms with Gasteiger partial charge in [0.1, 0.15) is 17.8 Å². The zero-order chi connectivity index (χ0) is 20.4.